The first-order valence-corrected chi connectivity index (χ1v) is 8.32. The van der Waals surface area contributed by atoms with E-state index >= 15 is 0 Å². The van der Waals surface area contributed by atoms with E-state index in [4.69, 9.17) is 16.3 Å². The second-order valence-electron chi connectivity index (χ2n) is 5.80. The first-order valence-electron chi connectivity index (χ1n) is 7.95. The van der Waals surface area contributed by atoms with E-state index in [1.54, 1.807) is 12.1 Å². The van der Waals surface area contributed by atoms with Gasteiger partial charge < -0.3 is 10.1 Å². The zero-order valence-corrected chi connectivity index (χ0v) is 14.5. The highest BCUT2D eigenvalue weighted by molar-refractivity contribution is 6.31. The van der Waals surface area contributed by atoms with Crippen LogP contribution in [0.1, 0.15) is 27.4 Å². The van der Waals surface area contributed by atoms with E-state index in [2.05, 4.69) is 16.2 Å². The molecule has 1 aliphatic rings. The lowest BCUT2D eigenvalue weighted by Crippen LogP contribution is -2.24. The highest BCUT2D eigenvalue weighted by Gasteiger charge is 2.20. The molecule has 0 unspecified atom stereocenters. The minimum Gasteiger partial charge on any atom is -0.496 e. The second-order valence-corrected chi connectivity index (χ2v) is 6.21. The summed E-state index contributed by atoms with van der Waals surface area (Å²) in [4.78, 5) is 12.5. The molecule has 25 heavy (non-hydrogen) atoms. The minimum absolute atomic E-state index is 0.00567. The maximum absolute atomic E-state index is 13.8. The third kappa shape index (κ3) is 3.92. The number of methoxy groups -OCH3 is 1. The quantitative estimate of drug-likeness (QED) is 0.764. The molecule has 1 aliphatic heterocycles. The molecule has 132 valence electrons. The Morgan fingerprint density at radius 2 is 2.08 bits per heavy atom. The molecule has 7 heteroatoms. The van der Waals surface area contributed by atoms with Gasteiger partial charge in [0.15, 0.2) is 0 Å². The van der Waals surface area contributed by atoms with E-state index in [1.165, 1.54) is 19.2 Å². The van der Waals surface area contributed by atoms with Crippen LogP contribution in [0.25, 0.3) is 0 Å². The monoisotopic (exact) mass is 363 g/mol. The second kappa shape index (κ2) is 7.82. The lowest BCUT2D eigenvalue weighted by molar-refractivity contribution is 0.0947. The van der Waals surface area contributed by atoms with Crippen molar-refractivity contribution in [2.45, 2.75) is 12.5 Å². The van der Waals surface area contributed by atoms with Gasteiger partial charge in [-0.3, -0.25) is 15.6 Å². The number of hydrogen-bond donors (Lipinski definition) is 3. The molecule has 0 bridgehead atoms. The van der Waals surface area contributed by atoms with Crippen LogP contribution in [-0.4, -0.2) is 26.1 Å². The fraction of sp³-hybridized carbons (Fsp3) is 0.278. The van der Waals surface area contributed by atoms with E-state index in [-0.39, 0.29) is 23.0 Å². The number of hydrazine groups is 1. The first-order chi connectivity index (χ1) is 12.1. The molecule has 2 aromatic rings. The maximum atomic E-state index is 13.8. The molecule has 1 fully saturated rings. The molecule has 0 radical (unpaired) electrons. The fourth-order valence-corrected chi connectivity index (χ4v) is 3.04. The Balaban J connectivity index is 1.75. The largest absolute Gasteiger partial charge is 0.496 e. The Morgan fingerprint density at radius 3 is 2.76 bits per heavy atom. The standard InChI is InChI=1S/C18H19ClFN3O2/c1-25-17-7-11(12-8-22-23-9-12)5-6-13(17)18(24)21-10-14-15(19)3-2-4-16(14)20/h2-7,12,22-23H,8-10H2,1H3,(H,21,24). The van der Waals surface area contributed by atoms with Crippen molar-refractivity contribution in [1.29, 1.82) is 0 Å². The van der Waals surface area contributed by atoms with E-state index in [0.717, 1.165) is 18.7 Å². The van der Waals surface area contributed by atoms with Gasteiger partial charge >= 0.3 is 0 Å². The van der Waals surface area contributed by atoms with Crippen LogP contribution in [0.2, 0.25) is 5.02 Å². The predicted molar refractivity (Wildman–Crippen MR) is 94.3 cm³/mol. The number of carbonyl (C=O) groups excluding carboxylic acids is 1. The van der Waals surface area contributed by atoms with Gasteiger partial charge in [-0.2, -0.15) is 0 Å². The van der Waals surface area contributed by atoms with E-state index in [0.29, 0.717) is 17.2 Å². The Bertz CT molecular complexity index is 759. The topological polar surface area (TPSA) is 62.4 Å². The molecule has 5 nitrogen and oxygen atoms in total. The Morgan fingerprint density at radius 1 is 1.32 bits per heavy atom. The summed E-state index contributed by atoms with van der Waals surface area (Å²) >= 11 is 5.98. The minimum atomic E-state index is -0.448. The predicted octanol–water partition coefficient (Wildman–Crippen LogP) is 2.61. The lowest BCUT2D eigenvalue weighted by Gasteiger charge is -2.14. The van der Waals surface area contributed by atoms with E-state index < -0.39 is 5.82 Å². The Hall–Kier alpha value is -2.15. The summed E-state index contributed by atoms with van der Waals surface area (Å²) in [5.41, 5.74) is 7.90. The number of hydrogen-bond acceptors (Lipinski definition) is 4. The SMILES string of the molecule is COc1cc(C2CNNC2)ccc1C(=O)NCc1c(F)cccc1Cl. The molecule has 0 saturated carbocycles. The number of ether oxygens (including phenoxy) is 1. The van der Waals surface area contributed by atoms with Gasteiger partial charge in [-0.05, 0) is 29.8 Å². The highest BCUT2D eigenvalue weighted by Crippen LogP contribution is 2.26. The summed E-state index contributed by atoms with van der Waals surface area (Å²) in [5, 5.41) is 2.97. The molecule has 0 spiro atoms. The van der Waals surface area contributed by atoms with Gasteiger partial charge in [-0.15, -0.1) is 0 Å². The lowest BCUT2D eigenvalue weighted by atomic mass is 9.98. The fourth-order valence-electron chi connectivity index (χ4n) is 2.81. The van der Waals surface area contributed by atoms with Crippen molar-refractivity contribution in [1.82, 2.24) is 16.2 Å². The zero-order chi connectivity index (χ0) is 17.8. The van der Waals surface area contributed by atoms with Gasteiger partial charge in [0.05, 0.1) is 12.7 Å². The molecule has 1 saturated heterocycles. The Kier molecular flexibility index (Phi) is 5.53. The third-order valence-electron chi connectivity index (χ3n) is 4.25. The smallest absolute Gasteiger partial charge is 0.255 e. The molecule has 3 N–H and O–H groups in total. The van der Waals surface area contributed by atoms with Crippen molar-refractivity contribution in [3.8, 4) is 5.75 Å². The number of halogens is 2. The van der Waals surface area contributed by atoms with Crippen molar-refractivity contribution in [2.75, 3.05) is 20.2 Å². The van der Waals surface area contributed by atoms with Gasteiger partial charge in [0.25, 0.3) is 5.91 Å². The van der Waals surface area contributed by atoms with Crippen LogP contribution in [0.4, 0.5) is 4.39 Å². The molecular weight excluding hydrogens is 345 g/mol. The number of carbonyl (C=O) groups is 1. The number of amides is 1. The average molecular weight is 364 g/mol. The average Bonchev–Trinajstić information content (AvgIpc) is 3.15. The summed E-state index contributed by atoms with van der Waals surface area (Å²) < 4.78 is 19.2. The van der Waals surface area contributed by atoms with Gasteiger partial charge in [0.2, 0.25) is 0 Å². The summed E-state index contributed by atoms with van der Waals surface area (Å²) in [5.74, 6) is 0.0199. The van der Waals surface area contributed by atoms with Crippen molar-refractivity contribution < 1.29 is 13.9 Å². The van der Waals surface area contributed by atoms with Crippen LogP contribution in [0, 0.1) is 5.82 Å². The van der Waals surface area contributed by atoms with E-state index in [1.807, 2.05) is 12.1 Å². The molecule has 1 amide bonds. The molecule has 0 aromatic heterocycles. The van der Waals surface area contributed by atoms with Gasteiger partial charge in [0.1, 0.15) is 11.6 Å². The maximum Gasteiger partial charge on any atom is 0.255 e. The van der Waals surface area contributed by atoms with E-state index in [9.17, 15) is 9.18 Å². The van der Waals surface area contributed by atoms with Crippen molar-refractivity contribution >= 4 is 17.5 Å². The van der Waals surface area contributed by atoms with Crippen LogP contribution in [0.5, 0.6) is 5.75 Å². The zero-order valence-electron chi connectivity index (χ0n) is 13.7. The molecular formula is C18H19ClFN3O2. The van der Waals surface area contributed by atoms with Crippen LogP contribution in [-0.2, 0) is 6.54 Å². The molecule has 3 rings (SSSR count). The first kappa shape index (κ1) is 17.7. The number of rotatable bonds is 5. The molecule has 0 atom stereocenters. The van der Waals surface area contributed by atoms with Gasteiger partial charge in [0, 0.05) is 36.1 Å². The number of benzene rings is 2. The normalized spacial score (nSPS) is 14.5. The van der Waals surface area contributed by atoms with Crippen molar-refractivity contribution in [3.05, 3.63) is 63.9 Å². The third-order valence-corrected chi connectivity index (χ3v) is 4.61. The van der Waals surface area contributed by atoms with Crippen molar-refractivity contribution in [2.24, 2.45) is 0 Å². The van der Waals surface area contributed by atoms with Crippen LogP contribution < -0.4 is 20.9 Å². The van der Waals surface area contributed by atoms with Crippen molar-refractivity contribution in [3.63, 3.8) is 0 Å². The summed E-state index contributed by atoms with van der Waals surface area (Å²) in [7, 11) is 1.52. The van der Waals surface area contributed by atoms with Crippen LogP contribution in [0.3, 0.4) is 0 Å². The summed E-state index contributed by atoms with van der Waals surface area (Å²) in [6, 6.07) is 9.93. The molecule has 1 heterocycles. The summed E-state index contributed by atoms with van der Waals surface area (Å²) in [6.45, 7) is 1.65. The number of nitrogens with one attached hydrogen (secondary N) is 3. The molecule has 0 aliphatic carbocycles. The molecule has 2 aromatic carbocycles. The van der Waals surface area contributed by atoms with Crippen LogP contribution >= 0.6 is 11.6 Å². The van der Waals surface area contributed by atoms with Gasteiger partial charge in [-0.1, -0.05) is 23.7 Å². The summed E-state index contributed by atoms with van der Waals surface area (Å²) in [6.07, 6.45) is 0. The van der Waals surface area contributed by atoms with Crippen LogP contribution in [0.15, 0.2) is 36.4 Å². The Labute approximate surface area is 150 Å². The van der Waals surface area contributed by atoms with Gasteiger partial charge in [-0.25, -0.2) is 4.39 Å². The highest BCUT2D eigenvalue weighted by atomic mass is 35.5.